The first kappa shape index (κ1) is 9.70. The first-order valence-electron chi connectivity index (χ1n) is 2.05. The van der Waals surface area contributed by atoms with Gasteiger partial charge in [-0.1, -0.05) is 13.8 Å². The first-order valence-corrected chi connectivity index (χ1v) is 2.05. The monoisotopic (exact) mass is 124 g/mol. The van der Waals surface area contributed by atoms with Gasteiger partial charge in [-0.15, -0.1) is 0 Å². The van der Waals surface area contributed by atoms with Gasteiger partial charge in [0, 0.05) is 17.4 Å². The molecule has 38 valence electrons. The average Bonchev–Trinajstić information content (AvgIpc) is 1.41. The molecule has 0 heterocycles. The van der Waals surface area contributed by atoms with Crippen LogP contribution in [0.1, 0.15) is 13.8 Å². The van der Waals surface area contributed by atoms with Crippen LogP contribution in [0.15, 0.2) is 0 Å². The van der Waals surface area contributed by atoms with Crippen LogP contribution in [0.5, 0.6) is 0 Å². The Morgan fingerprint density at radius 2 is 1.50 bits per heavy atom. The van der Waals surface area contributed by atoms with Crippen LogP contribution in [0.25, 0.3) is 5.32 Å². The molecule has 0 aliphatic carbocycles. The molecule has 0 atom stereocenters. The van der Waals surface area contributed by atoms with E-state index < -0.39 is 0 Å². The zero-order valence-electron chi connectivity index (χ0n) is 4.27. The summed E-state index contributed by atoms with van der Waals surface area (Å²) < 4.78 is 0. The van der Waals surface area contributed by atoms with Crippen molar-refractivity contribution in [2.24, 2.45) is 0 Å². The molecule has 0 radical (unpaired) electrons. The Labute approximate surface area is 50.3 Å². The van der Waals surface area contributed by atoms with E-state index in [9.17, 15) is 0 Å². The Morgan fingerprint density at radius 1 is 1.17 bits per heavy atom. The smallest absolute Gasteiger partial charge is 0 e. The predicted octanol–water partition coefficient (Wildman–Crippen LogP) is 1.40. The quantitative estimate of drug-likeness (QED) is 0.528. The maximum absolute atomic E-state index is 3.97. The molecule has 0 fully saturated rings. The van der Waals surface area contributed by atoms with Crippen LogP contribution in [0.4, 0.5) is 0 Å². The summed E-state index contributed by atoms with van der Waals surface area (Å²) in [6.45, 7) is 6.03. The Bertz CT molecular complexity index is 15.0. The average molecular weight is 124 g/mol. The molecule has 0 saturated carbocycles. The molecule has 0 aromatic rings. The van der Waals surface area contributed by atoms with E-state index in [2.05, 4.69) is 5.32 Å². The second kappa shape index (κ2) is 9.09. The topological polar surface area (TPSA) is 14.1 Å². The van der Waals surface area contributed by atoms with E-state index in [1.165, 1.54) is 0 Å². The van der Waals surface area contributed by atoms with Crippen LogP contribution in [-0.2, 0) is 17.4 Å². The fraction of sp³-hybridized carbons (Fsp3) is 1.00. The van der Waals surface area contributed by atoms with Crippen LogP contribution in [-0.4, -0.2) is 13.1 Å². The minimum absolute atomic E-state index is 0. The zero-order valence-corrected chi connectivity index (χ0v) is 5.54. The van der Waals surface area contributed by atoms with E-state index in [1.54, 1.807) is 0 Å². The van der Waals surface area contributed by atoms with Gasteiger partial charge >= 0.3 is 0 Å². The van der Waals surface area contributed by atoms with E-state index in [4.69, 9.17) is 0 Å². The second-order valence-electron chi connectivity index (χ2n) is 0.856. The third-order valence-electron chi connectivity index (χ3n) is 0.447. The van der Waals surface area contributed by atoms with E-state index in [1.807, 2.05) is 13.8 Å². The van der Waals surface area contributed by atoms with Gasteiger partial charge in [0.25, 0.3) is 0 Å². The normalized spacial score (nSPS) is 7.00. The largest absolute Gasteiger partial charge is 0.663 e. The fourth-order valence-corrected chi connectivity index (χ4v) is 0.224. The Balaban J connectivity index is 0. The summed E-state index contributed by atoms with van der Waals surface area (Å²) in [7, 11) is 0. The van der Waals surface area contributed by atoms with E-state index in [0.29, 0.717) is 0 Å². The van der Waals surface area contributed by atoms with Crippen LogP contribution >= 0.6 is 0 Å². The van der Waals surface area contributed by atoms with Crippen molar-refractivity contribution in [3.63, 3.8) is 0 Å². The summed E-state index contributed by atoms with van der Waals surface area (Å²) in [6.07, 6.45) is 0. The van der Waals surface area contributed by atoms with Crippen LogP contribution in [0, 0.1) is 0 Å². The van der Waals surface area contributed by atoms with Crippen molar-refractivity contribution >= 4 is 0 Å². The molecule has 0 rings (SSSR count). The van der Waals surface area contributed by atoms with E-state index >= 15 is 0 Å². The molecule has 0 N–H and O–H groups in total. The van der Waals surface area contributed by atoms with Crippen LogP contribution in [0.2, 0.25) is 0 Å². The van der Waals surface area contributed by atoms with Crippen molar-refractivity contribution in [3.8, 4) is 0 Å². The fourth-order valence-electron chi connectivity index (χ4n) is 0.224. The Morgan fingerprint density at radius 3 is 1.50 bits per heavy atom. The van der Waals surface area contributed by atoms with Gasteiger partial charge in [-0.25, -0.2) is 0 Å². The SMILES string of the molecule is CC[N-]CC.[Cr]. The standard InChI is InChI=1S/C4H10N.Cr/c1-3-5-4-2;/h3-4H2,1-2H3;/q-1;. The molecule has 6 heavy (non-hydrogen) atoms. The van der Waals surface area contributed by atoms with Crippen molar-refractivity contribution in [1.29, 1.82) is 0 Å². The first-order chi connectivity index (χ1) is 2.41. The molecule has 0 aliphatic rings. The number of nitrogens with zero attached hydrogens (tertiary/aromatic N) is 1. The van der Waals surface area contributed by atoms with Crippen molar-refractivity contribution in [2.75, 3.05) is 13.1 Å². The molecule has 0 spiro atoms. The summed E-state index contributed by atoms with van der Waals surface area (Å²) in [6, 6.07) is 0. The van der Waals surface area contributed by atoms with Gasteiger partial charge in [0.15, 0.2) is 0 Å². The molecular formula is C4H10CrN-. The van der Waals surface area contributed by atoms with Gasteiger partial charge in [0.05, 0.1) is 0 Å². The van der Waals surface area contributed by atoms with Gasteiger partial charge < -0.3 is 5.32 Å². The summed E-state index contributed by atoms with van der Waals surface area (Å²) in [5.41, 5.74) is 0. The van der Waals surface area contributed by atoms with Gasteiger partial charge in [-0.2, -0.15) is 13.1 Å². The third kappa shape index (κ3) is 8.82. The van der Waals surface area contributed by atoms with Gasteiger partial charge in [0.2, 0.25) is 0 Å². The minimum atomic E-state index is 0. The molecule has 0 saturated heterocycles. The zero-order chi connectivity index (χ0) is 4.12. The van der Waals surface area contributed by atoms with Gasteiger partial charge in [0.1, 0.15) is 0 Å². The maximum atomic E-state index is 3.97. The van der Waals surface area contributed by atoms with E-state index in [0.717, 1.165) is 13.1 Å². The van der Waals surface area contributed by atoms with Crippen LogP contribution in [0.3, 0.4) is 0 Å². The summed E-state index contributed by atoms with van der Waals surface area (Å²) in [5.74, 6) is 0. The molecular weight excluding hydrogens is 114 g/mol. The number of hydrogen-bond acceptors (Lipinski definition) is 0. The third-order valence-corrected chi connectivity index (χ3v) is 0.447. The minimum Gasteiger partial charge on any atom is -0.663 e. The van der Waals surface area contributed by atoms with Crippen molar-refractivity contribution in [1.82, 2.24) is 0 Å². The van der Waals surface area contributed by atoms with Gasteiger partial charge in [-0.3, -0.25) is 0 Å². The van der Waals surface area contributed by atoms with Crippen LogP contribution < -0.4 is 0 Å². The van der Waals surface area contributed by atoms with Crippen molar-refractivity contribution in [2.45, 2.75) is 13.8 Å². The van der Waals surface area contributed by atoms with E-state index in [-0.39, 0.29) is 17.4 Å². The molecule has 2 heteroatoms. The van der Waals surface area contributed by atoms with Crippen molar-refractivity contribution in [3.05, 3.63) is 5.32 Å². The summed E-state index contributed by atoms with van der Waals surface area (Å²) in [4.78, 5) is 0. The molecule has 0 unspecified atom stereocenters. The molecule has 0 amide bonds. The number of rotatable bonds is 2. The van der Waals surface area contributed by atoms with Gasteiger partial charge in [-0.05, 0) is 0 Å². The Kier molecular flexibility index (Phi) is 14.7. The summed E-state index contributed by atoms with van der Waals surface area (Å²) in [5, 5.41) is 3.97. The number of hydrogen-bond donors (Lipinski definition) is 0. The molecule has 0 bridgehead atoms. The maximum Gasteiger partial charge on any atom is 0 e. The molecule has 0 aromatic heterocycles. The predicted molar refractivity (Wildman–Crippen MR) is 24.4 cm³/mol. The molecule has 0 aromatic carbocycles. The molecule has 1 nitrogen and oxygen atoms in total. The van der Waals surface area contributed by atoms with Crippen molar-refractivity contribution < 1.29 is 17.4 Å². The second-order valence-corrected chi connectivity index (χ2v) is 0.856. The summed E-state index contributed by atoms with van der Waals surface area (Å²) >= 11 is 0. The molecule has 0 aliphatic heterocycles. The Hall–Kier alpha value is 0.492.